The Morgan fingerprint density at radius 3 is 2.47 bits per heavy atom. The van der Waals surface area contributed by atoms with E-state index in [1.54, 1.807) is 6.92 Å². The fourth-order valence-electron chi connectivity index (χ4n) is 0.798. The first-order valence-corrected chi connectivity index (χ1v) is 5.67. The van der Waals surface area contributed by atoms with Crippen molar-refractivity contribution in [2.75, 3.05) is 6.61 Å². The highest BCUT2D eigenvalue weighted by Crippen LogP contribution is 2.30. The molecule has 0 aromatic carbocycles. The van der Waals surface area contributed by atoms with Crippen molar-refractivity contribution in [2.24, 2.45) is 0 Å². The number of ether oxygens (including phenoxy) is 1. The highest BCUT2D eigenvalue weighted by Gasteiger charge is 2.15. The molecular weight excluding hydrogens is 234 g/mol. The van der Waals surface area contributed by atoms with Crippen LogP contribution in [0.1, 0.15) is 13.8 Å². The fourth-order valence-corrected chi connectivity index (χ4v) is 1.57. The summed E-state index contributed by atoms with van der Waals surface area (Å²) in [5, 5.41) is 8.92. The van der Waals surface area contributed by atoms with Gasteiger partial charge in [0.05, 0.1) is 0 Å². The lowest BCUT2D eigenvalue weighted by Crippen LogP contribution is -2.08. The van der Waals surface area contributed by atoms with Crippen LogP contribution in [-0.2, 0) is 9.53 Å². The van der Waals surface area contributed by atoms with E-state index in [-0.39, 0.29) is 12.2 Å². The molecule has 0 aliphatic rings. The molecule has 0 saturated carbocycles. The van der Waals surface area contributed by atoms with Gasteiger partial charge in [-0.3, -0.25) is 0 Å². The van der Waals surface area contributed by atoms with E-state index in [1.165, 1.54) is 17.8 Å². The van der Waals surface area contributed by atoms with Gasteiger partial charge in [-0.1, -0.05) is 37.6 Å². The van der Waals surface area contributed by atoms with Crippen molar-refractivity contribution < 1.29 is 9.53 Å². The largest absolute Gasteiger partial charge is 0.457 e. The number of hydrogen-bond acceptors (Lipinski definition) is 4. The molecule has 0 amide bonds. The van der Waals surface area contributed by atoms with Crippen LogP contribution >= 0.6 is 11.8 Å². The molecule has 0 spiro atoms. The Morgan fingerprint density at radius 1 is 1.47 bits per heavy atom. The Kier molecular flexibility index (Phi) is 6.76. The van der Waals surface area contributed by atoms with Gasteiger partial charge in [-0.05, 0) is 19.4 Å². The number of thioether (sulfide) groups is 1. The number of allylic oxidation sites excluding steroid dienone is 2. The summed E-state index contributed by atoms with van der Waals surface area (Å²) in [5.74, 6) is -0.646. The summed E-state index contributed by atoms with van der Waals surface area (Å²) in [5.41, 5.74) is 0.783. The van der Waals surface area contributed by atoms with Crippen LogP contribution in [-0.4, -0.2) is 12.6 Å². The van der Waals surface area contributed by atoms with Crippen LogP contribution < -0.4 is 0 Å². The molecule has 3 nitrogen and oxygen atoms in total. The second-order valence-electron chi connectivity index (χ2n) is 3.24. The Hall–Kier alpha value is -1.73. The van der Waals surface area contributed by atoms with Crippen LogP contribution in [0, 0.1) is 11.3 Å². The molecule has 4 heteroatoms. The average molecular weight is 249 g/mol. The first-order valence-electron chi connectivity index (χ1n) is 4.85. The number of hydrogen-bond donors (Lipinski definition) is 0. The maximum atomic E-state index is 11.5. The van der Waals surface area contributed by atoms with Gasteiger partial charge in [0.1, 0.15) is 18.2 Å². The van der Waals surface area contributed by atoms with Crippen molar-refractivity contribution in [3.05, 3.63) is 46.8 Å². The minimum absolute atomic E-state index is 0.0146. The van der Waals surface area contributed by atoms with E-state index in [0.29, 0.717) is 9.81 Å². The summed E-state index contributed by atoms with van der Waals surface area (Å²) in [6.07, 6.45) is 1.45. The summed E-state index contributed by atoms with van der Waals surface area (Å²) >= 11 is 1.24. The molecule has 0 fully saturated rings. The molecule has 0 bridgehead atoms. The molecule has 0 N–H and O–H groups in total. The third-order valence-electron chi connectivity index (χ3n) is 1.75. The third kappa shape index (κ3) is 5.23. The maximum Gasteiger partial charge on any atom is 0.350 e. The topological polar surface area (TPSA) is 50.1 Å². The number of nitriles is 1. The van der Waals surface area contributed by atoms with E-state index in [0.717, 1.165) is 5.57 Å². The van der Waals surface area contributed by atoms with E-state index < -0.39 is 5.97 Å². The van der Waals surface area contributed by atoms with Gasteiger partial charge in [-0.25, -0.2) is 4.79 Å². The van der Waals surface area contributed by atoms with Crippen LogP contribution in [0.3, 0.4) is 0 Å². The van der Waals surface area contributed by atoms with Crippen LogP contribution in [0.5, 0.6) is 0 Å². The Bertz CT molecular complexity index is 427. The van der Waals surface area contributed by atoms with E-state index >= 15 is 0 Å². The number of carbonyl (C=O) groups is 1. The summed E-state index contributed by atoms with van der Waals surface area (Å²) in [7, 11) is 0. The van der Waals surface area contributed by atoms with Gasteiger partial charge in [0.2, 0.25) is 0 Å². The molecule has 0 aliphatic heterocycles. The second kappa shape index (κ2) is 7.53. The van der Waals surface area contributed by atoms with Gasteiger partial charge in [-0.2, -0.15) is 5.26 Å². The first kappa shape index (κ1) is 15.3. The SMILES string of the molecule is C=CCOC(=O)/C(C#N)=C(/C)SC(=C)C(=C)C. The third-order valence-corrected chi connectivity index (χ3v) is 2.86. The van der Waals surface area contributed by atoms with Gasteiger partial charge < -0.3 is 4.74 Å². The lowest BCUT2D eigenvalue weighted by molar-refractivity contribution is -0.137. The first-order chi connectivity index (χ1) is 7.93. The van der Waals surface area contributed by atoms with Crippen molar-refractivity contribution >= 4 is 17.7 Å². The Morgan fingerprint density at radius 2 is 2.06 bits per heavy atom. The second-order valence-corrected chi connectivity index (χ2v) is 4.54. The summed E-state index contributed by atoms with van der Waals surface area (Å²) in [4.78, 5) is 12.8. The zero-order valence-corrected chi connectivity index (χ0v) is 10.9. The van der Waals surface area contributed by atoms with Gasteiger partial charge in [0, 0.05) is 9.81 Å². The van der Waals surface area contributed by atoms with Crippen LogP contribution in [0.4, 0.5) is 0 Å². The van der Waals surface area contributed by atoms with Crippen LogP contribution in [0.25, 0.3) is 0 Å². The molecule has 90 valence electrons. The van der Waals surface area contributed by atoms with Gasteiger partial charge in [-0.15, -0.1) is 0 Å². The van der Waals surface area contributed by atoms with E-state index in [9.17, 15) is 4.79 Å². The molecule has 17 heavy (non-hydrogen) atoms. The lowest BCUT2D eigenvalue weighted by Gasteiger charge is -2.07. The summed E-state index contributed by atoms with van der Waals surface area (Å²) < 4.78 is 4.80. The number of esters is 1. The van der Waals surface area contributed by atoms with Crippen molar-refractivity contribution in [3.8, 4) is 6.07 Å². The molecule has 0 unspecified atom stereocenters. The molecule has 0 rings (SSSR count). The van der Waals surface area contributed by atoms with Crippen LogP contribution in [0.2, 0.25) is 0 Å². The van der Waals surface area contributed by atoms with Crippen molar-refractivity contribution in [1.82, 2.24) is 0 Å². The molecule has 0 aliphatic carbocycles. The molecule has 0 aromatic heterocycles. The zero-order chi connectivity index (χ0) is 13.4. The zero-order valence-electron chi connectivity index (χ0n) is 10.1. The standard InChI is InChI=1S/C13H15NO2S/c1-6-7-16-13(15)12(8-14)11(5)17-10(4)9(2)3/h6H,1-2,4,7H2,3,5H3/b12-11-. The summed E-state index contributed by atoms with van der Waals surface area (Å²) in [6.45, 7) is 14.5. The molecular formula is C13H15NO2S. The van der Waals surface area contributed by atoms with Crippen molar-refractivity contribution in [3.63, 3.8) is 0 Å². The monoisotopic (exact) mass is 249 g/mol. The van der Waals surface area contributed by atoms with E-state index in [2.05, 4.69) is 19.7 Å². The molecule has 0 radical (unpaired) electrons. The molecule has 0 saturated heterocycles. The van der Waals surface area contributed by atoms with Crippen LogP contribution in [0.15, 0.2) is 46.8 Å². The number of nitrogens with zero attached hydrogens (tertiary/aromatic N) is 1. The van der Waals surface area contributed by atoms with E-state index in [4.69, 9.17) is 10.00 Å². The van der Waals surface area contributed by atoms with Gasteiger partial charge >= 0.3 is 5.97 Å². The van der Waals surface area contributed by atoms with Gasteiger partial charge in [0.15, 0.2) is 0 Å². The molecule has 0 atom stereocenters. The van der Waals surface area contributed by atoms with E-state index in [1.807, 2.05) is 13.0 Å². The predicted octanol–water partition coefficient (Wildman–Crippen LogP) is 3.34. The van der Waals surface area contributed by atoms with Crippen molar-refractivity contribution in [2.45, 2.75) is 13.8 Å². The van der Waals surface area contributed by atoms with Gasteiger partial charge in [0.25, 0.3) is 0 Å². The number of rotatable bonds is 6. The quantitative estimate of drug-likeness (QED) is 0.238. The predicted molar refractivity (Wildman–Crippen MR) is 71.0 cm³/mol. The van der Waals surface area contributed by atoms with Crippen molar-refractivity contribution in [1.29, 1.82) is 5.26 Å². The number of carbonyl (C=O) groups excluding carboxylic acids is 1. The highest BCUT2D eigenvalue weighted by atomic mass is 32.2. The summed E-state index contributed by atoms with van der Waals surface area (Å²) in [6, 6.07) is 1.83. The Balaban J connectivity index is 4.88. The fraction of sp³-hybridized carbons (Fsp3) is 0.231. The minimum Gasteiger partial charge on any atom is -0.457 e. The smallest absolute Gasteiger partial charge is 0.350 e. The molecule has 0 aromatic rings. The minimum atomic E-state index is -0.646. The highest BCUT2D eigenvalue weighted by molar-refractivity contribution is 8.06. The Labute approximate surface area is 106 Å². The maximum absolute atomic E-state index is 11.5. The normalized spacial score (nSPS) is 10.9. The molecule has 0 heterocycles. The average Bonchev–Trinajstić information content (AvgIpc) is 2.26. The lowest BCUT2D eigenvalue weighted by atomic mass is 10.3.